The van der Waals surface area contributed by atoms with Gasteiger partial charge in [0.2, 0.25) is 5.88 Å². The summed E-state index contributed by atoms with van der Waals surface area (Å²) in [7, 11) is 0. The van der Waals surface area contributed by atoms with E-state index >= 15 is 0 Å². The van der Waals surface area contributed by atoms with Gasteiger partial charge in [-0.05, 0) is 38.7 Å². The van der Waals surface area contributed by atoms with Crippen molar-refractivity contribution < 1.29 is 9.53 Å². The van der Waals surface area contributed by atoms with Crippen LogP contribution in [0.3, 0.4) is 0 Å². The summed E-state index contributed by atoms with van der Waals surface area (Å²) in [5.74, 6) is 0.997. The third-order valence-electron chi connectivity index (χ3n) is 4.40. The molecule has 20 heavy (non-hydrogen) atoms. The zero-order valence-corrected chi connectivity index (χ0v) is 12.0. The number of rotatable bonds is 4. The molecular formula is C16H22N2O2. The molecule has 3 rings (SSSR count). The molecule has 108 valence electrons. The van der Waals surface area contributed by atoms with Gasteiger partial charge in [-0.2, -0.15) is 0 Å². The van der Waals surface area contributed by atoms with E-state index in [9.17, 15) is 4.79 Å². The van der Waals surface area contributed by atoms with E-state index in [1.807, 2.05) is 13.0 Å². The number of piperidine rings is 2. The van der Waals surface area contributed by atoms with E-state index in [2.05, 4.69) is 10.3 Å². The van der Waals surface area contributed by atoms with E-state index in [-0.39, 0.29) is 11.7 Å². The Kier molecular flexibility index (Phi) is 4.01. The highest BCUT2D eigenvalue weighted by molar-refractivity contribution is 5.97. The first-order valence-corrected chi connectivity index (χ1v) is 7.65. The fourth-order valence-corrected chi connectivity index (χ4v) is 3.47. The minimum Gasteiger partial charge on any atom is -0.478 e. The predicted octanol–water partition coefficient (Wildman–Crippen LogP) is 2.58. The second-order valence-corrected chi connectivity index (χ2v) is 5.84. The Morgan fingerprint density at radius 1 is 1.35 bits per heavy atom. The average Bonchev–Trinajstić information content (AvgIpc) is 2.47. The molecule has 0 radical (unpaired) electrons. The van der Waals surface area contributed by atoms with Gasteiger partial charge in [0.1, 0.15) is 0 Å². The van der Waals surface area contributed by atoms with Crippen LogP contribution in [0.2, 0.25) is 0 Å². The Labute approximate surface area is 119 Å². The number of carbonyl (C=O) groups excluding carboxylic acids is 1. The highest BCUT2D eigenvalue weighted by atomic mass is 16.5. The standard InChI is InChI=1S/C16H22N2O2/c1-2-20-15-7-6-11(10-17-15)16(19)12-8-13-4-3-5-14(9-12)18-13/h6-7,10,12-14,18H,2-5,8-9H2,1H3. The van der Waals surface area contributed by atoms with Crippen LogP contribution in [-0.2, 0) is 0 Å². The Balaban J connectivity index is 1.68. The Bertz CT molecular complexity index is 460. The number of nitrogens with zero attached hydrogens (tertiary/aromatic N) is 1. The molecular weight excluding hydrogens is 252 g/mol. The molecule has 2 saturated heterocycles. The lowest BCUT2D eigenvalue weighted by atomic mass is 9.77. The monoisotopic (exact) mass is 274 g/mol. The van der Waals surface area contributed by atoms with Crippen molar-refractivity contribution in [1.82, 2.24) is 10.3 Å². The first-order chi connectivity index (χ1) is 9.76. The maximum Gasteiger partial charge on any atom is 0.213 e. The number of nitrogens with one attached hydrogen (secondary N) is 1. The van der Waals surface area contributed by atoms with Crippen LogP contribution in [0.1, 0.15) is 49.4 Å². The summed E-state index contributed by atoms with van der Waals surface area (Å²) in [5, 5.41) is 3.63. The fourth-order valence-electron chi connectivity index (χ4n) is 3.47. The number of ether oxygens (including phenoxy) is 1. The molecule has 2 unspecified atom stereocenters. The summed E-state index contributed by atoms with van der Waals surface area (Å²) in [6.07, 6.45) is 7.33. The molecule has 0 aliphatic carbocycles. The topological polar surface area (TPSA) is 51.2 Å². The molecule has 0 spiro atoms. The summed E-state index contributed by atoms with van der Waals surface area (Å²) in [6, 6.07) is 4.70. The second-order valence-electron chi connectivity index (χ2n) is 5.84. The number of fused-ring (bicyclic) bond motifs is 2. The molecule has 2 atom stereocenters. The van der Waals surface area contributed by atoms with E-state index in [1.165, 1.54) is 19.3 Å². The van der Waals surface area contributed by atoms with Gasteiger partial charge in [-0.25, -0.2) is 4.98 Å². The highest BCUT2D eigenvalue weighted by Gasteiger charge is 2.34. The second kappa shape index (κ2) is 5.92. The molecule has 4 heteroatoms. The highest BCUT2D eigenvalue weighted by Crippen LogP contribution is 2.31. The van der Waals surface area contributed by atoms with E-state index in [4.69, 9.17) is 4.74 Å². The number of aromatic nitrogens is 1. The number of Topliss-reactive ketones (excluding diaryl/α,β-unsaturated/α-hetero) is 1. The summed E-state index contributed by atoms with van der Waals surface area (Å²) >= 11 is 0. The third-order valence-corrected chi connectivity index (χ3v) is 4.40. The van der Waals surface area contributed by atoms with E-state index in [0.29, 0.717) is 24.6 Å². The number of ketones is 1. The zero-order chi connectivity index (χ0) is 13.9. The Morgan fingerprint density at radius 2 is 2.10 bits per heavy atom. The number of carbonyl (C=O) groups is 1. The summed E-state index contributed by atoms with van der Waals surface area (Å²) in [5.41, 5.74) is 0.721. The molecule has 1 aromatic rings. The maximum atomic E-state index is 12.6. The van der Waals surface area contributed by atoms with Crippen molar-refractivity contribution in [2.75, 3.05) is 6.61 Å². The molecule has 2 bridgehead atoms. The van der Waals surface area contributed by atoms with Crippen LogP contribution >= 0.6 is 0 Å². The minimum absolute atomic E-state index is 0.159. The van der Waals surface area contributed by atoms with Crippen molar-refractivity contribution in [3.05, 3.63) is 23.9 Å². The lowest BCUT2D eigenvalue weighted by molar-refractivity contribution is 0.0824. The molecule has 2 aliphatic heterocycles. The zero-order valence-electron chi connectivity index (χ0n) is 12.0. The van der Waals surface area contributed by atoms with E-state index < -0.39 is 0 Å². The Morgan fingerprint density at radius 3 is 2.70 bits per heavy atom. The van der Waals surface area contributed by atoms with Crippen LogP contribution in [-0.4, -0.2) is 29.5 Å². The maximum absolute atomic E-state index is 12.6. The van der Waals surface area contributed by atoms with Gasteiger partial charge in [0.05, 0.1) is 6.61 Å². The van der Waals surface area contributed by atoms with Gasteiger partial charge in [-0.3, -0.25) is 4.79 Å². The molecule has 0 saturated carbocycles. The molecule has 2 fully saturated rings. The van der Waals surface area contributed by atoms with Crippen molar-refractivity contribution in [2.45, 2.75) is 51.1 Å². The van der Waals surface area contributed by atoms with Gasteiger partial charge in [0, 0.05) is 35.8 Å². The first-order valence-electron chi connectivity index (χ1n) is 7.65. The molecule has 2 aliphatic rings. The fraction of sp³-hybridized carbons (Fsp3) is 0.625. The molecule has 1 N–H and O–H groups in total. The van der Waals surface area contributed by atoms with Crippen molar-refractivity contribution in [3.63, 3.8) is 0 Å². The number of pyridine rings is 1. The number of hydrogen-bond acceptors (Lipinski definition) is 4. The van der Waals surface area contributed by atoms with Gasteiger partial charge in [0.15, 0.2) is 5.78 Å². The molecule has 1 aromatic heterocycles. The van der Waals surface area contributed by atoms with Crippen LogP contribution < -0.4 is 10.1 Å². The van der Waals surface area contributed by atoms with Crippen LogP contribution in [0.25, 0.3) is 0 Å². The molecule has 4 nitrogen and oxygen atoms in total. The summed E-state index contributed by atoms with van der Waals surface area (Å²) < 4.78 is 5.31. The summed E-state index contributed by atoms with van der Waals surface area (Å²) in [4.78, 5) is 16.8. The van der Waals surface area contributed by atoms with Crippen molar-refractivity contribution in [3.8, 4) is 5.88 Å². The SMILES string of the molecule is CCOc1ccc(C(=O)C2CC3CCCC(C2)N3)cn1. The van der Waals surface area contributed by atoms with Gasteiger partial charge in [-0.15, -0.1) is 0 Å². The van der Waals surface area contributed by atoms with Crippen molar-refractivity contribution in [1.29, 1.82) is 0 Å². The van der Waals surface area contributed by atoms with Gasteiger partial charge >= 0.3 is 0 Å². The summed E-state index contributed by atoms with van der Waals surface area (Å²) in [6.45, 7) is 2.52. The molecule has 3 heterocycles. The van der Waals surface area contributed by atoms with Crippen LogP contribution in [0.4, 0.5) is 0 Å². The van der Waals surface area contributed by atoms with Crippen LogP contribution in [0, 0.1) is 5.92 Å². The van der Waals surface area contributed by atoms with E-state index in [0.717, 1.165) is 18.4 Å². The average molecular weight is 274 g/mol. The van der Waals surface area contributed by atoms with Crippen LogP contribution in [0.5, 0.6) is 5.88 Å². The largest absolute Gasteiger partial charge is 0.478 e. The van der Waals surface area contributed by atoms with Crippen LogP contribution in [0.15, 0.2) is 18.3 Å². The van der Waals surface area contributed by atoms with E-state index in [1.54, 1.807) is 12.3 Å². The third kappa shape index (κ3) is 2.85. The van der Waals surface area contributed by atoms with Crippen molar-refractivity contribution >= 4 is 5.78 Å². The van der Waals surface area contributed by atoms with Crippen molar-refractivity contribution in [2.24, 2.45) is 5.92 Å². The lowest BCUT2D eigenvalue weighted by Gasteiger charge is -2.39. The van der Waals surface area contributed by atoms with Gasteiger partial charge in [0.25, 0.3) is 0 Å². The Hall–Kier alpha value is -1.42. The minimum atomic E-state index is 0.159. The number of hydrogen-bond donors (Lipinski definition) is 1. The first kappa shape index (κ1) is 13.6. The molecule has 0 aromatic carbocycles. The predicted molar refractivity (Wildman–Crippen MR) is 77.0 cm³/mol. The lowest BCUT2D eigenvalue weighted by Crippen LogP contribution is -2.50. The van der Waals surface area contributed by atoms with Gasteiger partial charge < -0.3 is 10.1 Å². The van der Waals surface area contributed by atoms with Gasteiger partial charge in [-0.1, -0.05) is 6.42 Å². The molecule has 0 amide bonds. The normalized spacial score (nSPS) is 28.9. The smallest absolute Gasteiger partial charge is 0.213 e. The quantitative estimate of drug-likeness (QED) is 0.857.